The van der Waals surface area contributed by atoms with Crippen LogP contribution in [-0.2, 0) is 14.3 Å². The number of hydrogen-bond donors (Lipinski definition) is 3. The molecule has 1 fully saturated rings. The first-order valence-corrected chi connectivity index (χ1v) is 11.7. The van der Waals surface area contributed by atoms with E-state index in [2.05, 4.69) is 15.4 Å². The van der Waals surface area contributed by atoms with E-state index in [0.29, 0.717) is 4.34 Å². The van der Waals surface area contributed by atoms with E-state index >= 15 is 0 Å². The minimum atomic E-state index is -4.66. The lowest BCUT2D eigenvalue weighted by atomic mass is 10.2. The smallest absolute Gasteiger partial charge is 0.401 e. The highest BCUT2D eigenvalue weighted by molar-refractivity contribution is 7.18. The van der Waals surface area contributed by atoms with E-state index in [1.54, 1.807) is 0 Å². The third-order valence-electron chi connectivity index (χ3n) is 4.85. The van der Waals surface area contributed by atoms with Gasteiger partial charge in [0.25, 0.3) is 11.8 Å². The molecule has 1 saturated heterocycles. The number of benzene rings is 1. The number of carbonyl (C=O) groups is 3. The second kappa shape index (κ2) is 12.5. The van der Waals surface area contributed by atoms with Crippen molar-refractivity contribution < 1.29 is 45.8 Å². The van der Waals surface area contributed by atoms with Crippen molar-refractivity contribution in [2.24, 2.45) is 0 Å². The van der Waals surface area contributed by atoms with Crippen molar-refractivity contribution in [1.29, 1.82) is 0 Å². The van der Waals surface area contributed by atoms with Gasteiger partial charge in [-0.1, -0.05) is 11.6 Å². The van der Waals surface area contributed by atoms with Gasteiger partial charge in [-0.05, 0) is 24.3 Å². The first kappa shape index (κ1) is 28.6. The second-order valence-electron chi connectivity index (χ2n) is 7.51. The number of nitrogens with one attached hydrogen (secondary N) is 3. The highest BCUT2D eigenvalue weighted by atomic mass is 35.5. The van der Waals surface area contributed by atoms with Gasteiger partial charge in [-0.25, -0.2) is 0 Å². The Balaban J connectivity index is 1.76. The molecule has 16 heteroatoms. The van der Waals surface area contributed by atoms with Gasteiger partial charge < -0.3 is 25.0 Å². The minimum absolute atomic E-state index is 0.000201. The molecule has 0 spiro atoms. The Kier molecular flexibility index (Phi) is 9.64. The molecule has 1 aromatic heterocycles. The number of hydrogen-bond acceptors (Lipinski definition) is 7. The van der Waals surface area contributed by atoms with Crippen LogP contribution in [0, 0.1) is 0 Å². The van der Waals surface area contributed by atoms with Crippen LogP contribution in [0.3, 0.4) is 0 Å². The lowest BCUT2D eigenvalue weighted by Gasteiger charge is -2.28. The van der Waals surface area contributed by atoms with Crippen LogP contribution in [0.25, 0.3) is 0 Å². The van der Waals surface area contributed by atoms with Gasteiger partial charge >= 0.3 is 12.8 Å². The average Bonchev–Trinajstić information content (AvgIpc) is 3.25. The standard InChI is InChI=1S/C21H20ClF5N4O5S/c22-16-4-3-15(37-16)19(34)28-8-12(29-10-21(25,26)27)18(33)30-11-1-2-13(14(7-11)36-20(23)24)31-5-6-35-9-17(31)32/h1-4,7,12,20,29H,5-6,8-10H2,(H,28,34)(H,30,33)/t12-/m1/s1. The van der Waals surface area contributed by atoms with Crippen molar-refractivity contribution in [2.75, 3.05) is 43.1 Å². The maximum absolute atomic E-state index is 13.0. The number of morpholine rings is 1. The number of thiophene rings is 1. The minimum Gasteiger partial charge on any atom is -0.433 e. The second-order valence-corrected chi connectivity index (χ2v) is 9.23. The number of anilines is 2. The molecule has 202 valence electrons. The molecule has 1 aliphatic rings. The summed E-state index contributed by atoms with van der Waals surface area (Å²) in [6.45, 7) is -5.36. The molecule has 1 aliphatic heterocycles. The lowest BCUT2D eigenvalue weighted by Crippen LogP contribution is -2.50. The Bertz CT molecular complexity index is 1130. The predicted octanol–water partition coefficient (Wildman–Crippen LogP) is 3.26. The number of amides is 3. The molecule has 3 amide bonds. The van der Waals surface area contributed by atoms with Crippen LogP contribution < -0.4 is 25.6 Å². The summed E-state index contributed by atoms with van der Waals surface area (Å²) in [5.41, 5.74) is -0.0968. The Hall–Kier alpha value is -3.01. The van der Waals surface area contributed by atoms with Crippen LogP contribution in [0.2, 0.25) is 4.34 Å². The molecular weight excluding hydrogens is 551 g/mol. The Morgan fingerprint density at radius 3 is 2.59 bits per heavy atom. The van der Waals surface area contributed by atoms with Gasteiger partial charge in [0, 0.05) is 24.8 Å². The zero-order valence-corrected chi connectivity index (χ0v) is 20.3. The molecule has 1 atom stereocenters. The zero-order valence-electron chi connectivity index (χ0n) is 18.7. The van der Waals surface area contributed by atoms with E-state index in [1.165, 1.54) is 29.2 Å². The molecular formula is C21H20ClF5N4O5S. The van der Waals surface area contributed by atoms with Gasteiger partial charge in [0.15, 0.2) is 5.75 Å². The molecule has 0 unspecified atom stereocenters. The van der Waals surface area contributed by atoms with Gasteiger partial charge in [-0.2, -0.15) is 22.0 Å². The van der Waals surface area contributed by atoms with Crippen LogP contribution in [0.4, 0.5) is 33.3 Å². The van der Waals surface area contributed by atoms with Crippen LogP contribution >= 0.6 is 22.9 Å². The van der Waals surface area contributed by atoms with Crippen molar-refractivity contribution in [3.8, 4) is 5.75 Å². The third-order valence-corrected chi connectivity index (χ3v) is 6.08. The van der Waals surface area contributed by atoms with Gasteiger partial charge in [0.05, 0.1) is 28.1 Å². The molecule has 2 heterocycles. The fraction of sp³-hybridized carbons (Fsp3) is 0.381. The van der Waals surface area contributed by atoms with Crippen molar-refractivity contribution in [3.63, 3.8) is 0 Å². The number of carbonyl (C=O) groups excluding carboxylic acids is 3. The molecule has 2 aromatic rings. The lowest BCUT2D eigenvalue weighted by molar-refractivity contribution is -0.130. The number of halogens is 6. The Morgan fingerprint density at radius 1 is 1.22 bits per heavy atom. The number of ether oxygens (including phenoxy) is 2. The van der Waals surface area contributed by atoms with Crippen LogP contribution in [0.15, 0.2) is 30.3 Å². The first-order chi connectivity index (χ1) is 17.4. The molecule has 0 saturated carbocycles. The zero-order chi connectivity index (χ0) is 27.2. The summed E-state index contributed by atoms with van der Waals surface area (Å²) < 4.78 is 74.2. The SMILES string of the molecule is O=C(NC[C@@H](NCC(F)(F)F)C(=O)Nc1ccc(N2CCOCC2=O)c(OC(F)F)c1)c1ccc(Cl)s1. The summed E-state index contributed by atoms with van der Waals surface area (Å²) >= 11 is 6.71. The summed E-state index contributed by atoms with van der Waals surface area (Å²) in [5.74, 6) is -2.59. The van der Waals surface area contributed by atoms with E-state index < -0.39 is 55.4 Å². The molecule has 3 N–H and O–H groups in total. The molecule has 0 bridgehead atoms. The van der Waals surface area contributed by atoms with Gasteiger partial charge in [0.2, 0.25) is 5.91 Å². The maximum Gasteiger partial charge on any atom is 0.401 e. The molecule has 1 aromatic carbocycles. The van der Waals surface area contributed by atoms with E-state index in [0.717, 1.165) is 17.4 Å². The fourth-order valence-corrected chi connectivity index (χ4v) is 4.18. The van der Waals surface area contributed by atoms with Crippen molar-refractivity contribution in [3.05, 3.63) is 39.5 Å². The highest BCUT2D eigenvalue weighted by Gasteiger charge is 2.31. The maximum atomic E-state index is 13.0. The molecule has 0 aliphatic carbocycles. The van der Waals surface area contributed by atoms with Crippen molar-refractivity contribution >= 4 is 52.0 Å². The predicted molar refractivity (Wildman–Crippen MR) is 124 cm³/mol. The number of rotatable bonds is 10. The summed E-state index contributed by atoms with van der Waals surface area (Å²) in [6.07, 6.45) is -4.66. The van der Waals surface area contributed by atoms with E-state index in [9.17, 15) is 36.3 Å². The van der Waals surface area contributed by atoms with Crippen LogP contribution in [0.5, 0.6) is 5.75 Å². The monoisotopic (exact) mass is 570 g/mol. The van der Waals surface area contributed by atoms with Crippen LogP contribution in [0.1, 0.15) is 9.67 Å². The summed E-state index contributed by atoms with van der Waals surface area (Å²) in [6, 6.07) is 4.83. The summed E-state index contributed by atoms with van der Waals surface area (Å²) in [7, 11) is 0. The first-order valence-electron chi connectivity index (χ1n) is 10.5. The number of alkyl halides is 5. The van der Waals surface area contributed by atoms with E-state index in [4.69, 9.17) is 16.3 Å². The van der Waals surface area contributed by atoms with Crippen molar-refractivity contribution in [1.82, 2.24) is 10.6 Å². The fourth-order valence-electron chi connectivity index (χ4n) is 3.22. The molecule has 9 nitrogen and oxygen atoms in total. The largest absolute Gasteiger partial charge is 0.433 e. The molecule has 37 heavy (non-hydrogen) atoms. The molecule has 0 radical (unpaired) electrons. The van der Waals surface area contributed by atoms with Gasteiger partial charge in [-0.15, -0.1) is 11.3 Å². The molecule has 3 rings (SSSR count). The van der Waals surface area contributed by atoms with Crippen LogP contribution in [-0.4, -0.2) is 69.4 Å². The quantitative estimate of drug-likeness (QED) is 0.379. The Labute approximate surface area is 215 Å². The van der Waals surface area contributed by atoms with Crippen molar-refractivity contribution in [2.45, 2.75) is 18.8 Å². The number of nitrogens with zero attached hydrogens (tertiary/aromatic N) is 1. The summed E-state index contributed by atoms with van der Waals surface area (Å²) in [4.78, 5) is 38.5. The highest BCUT2D eigenvalue weighted by Crippen LogP contribution is 2.33. The normalized spacial score (nSPS) is 15.0. The van der Waals surface area contributed by atoms with Gasteiger partial charge in [0.1, 0.15) is 12.6 Å². The average molecular weight is 571 g/mol. The topological polar surface area (TPSA) is 109 Å². The third kappa shape index (κ3) is 8.52. The van der Waals surface area contributed by atoms with E-state index in [-0.39, 0.29) is 36.0 Å². The Morgan fingerprint density at radius 2 is 1.97 bits per heavy atom. The van der Waals surface area contributed by atoms with E-state index in [1.807, 2.05) is 5.32 Å². The van der Waals surface area contributed by atoms with Gasteiger partial charge in [-0.3, -0.25) is 19.7 Å². The summed E-state index contributed by atoms with van der Waals surface area (Å²) in [5, 5.41) is 6.68.